The highest BCUT2D eigenvalue weighted by Gasteiger charge is 2.19. The van der Waals surface area contributed by atoms with Gasteiger partial charge in [0.25, 0.3) is 5.91 Å². The number of unbranched alkanes of at least 4 members (excludes halogenated alkanes) is 1. The number of carbonyl (C=O) groups excluding carboxylic acids is 1. The molecule has 1 unspecified atom stereocenters. The van der Waals surface area contributed by atoms with Crippen LogP contribution in [0.25, 0.3) is 21.0 Å². The number of hydrogen-bond acceptors (Lipinski definition) is 4. The average molecular weight is 475 g/mol. The van der Waals surface area contributed by atoms with Crippen LogP contribution in [-0.2, 0) is 6.42 Å². The summed E-state index contributed by atoms with van der Waals surface area (Å²) in [6.07, 6.45) is 6.15. The van der Waals surface area contributed by atoms with Crippen LogP contribution >= 0.6 is 11.3 Å². The van der Waals surface area contributed by atoms with Crippen LogP contribution in [0.3, 0.4) is 0 Å². The van der Waals surface area contributed by atoms with E-state index >= 15 is 0 Å². The SMILES string of the molecule is CCCCC(Cc1c[nH]c2ccccc12)NC(=O)c1cc2cc(N3CCN(C)CC3)ccc2s1. The summed E-state index contributed by atoms with van der Waals surface area (Å²) in [5.41, 5.74) is 3.68. The molecule has 5 nitrogen and oxygen atoms in total. The van der Waals surface area contributed by atoms with Gasteiger partial charge < -0.3 is 20.1 Å². The Morgan fingerprint density at radius 3 is 2.76 bits per heavy atom. The fourth-order valence-corrected chi connectivity index (χ4v) is 5.85. The molecule has 0 spiro atoms. The molecule has 4 aromatic rings. The van der Waals surface area contributed by atoms with Gasteiger partial charge in [-0.2, -0.15) is 0 Å². The van der Waals surface area contributed by atoms with E-state index < -0.39 is 0 Å². The van der Waals surface area contributed by atoms with E-state index in [-0.39, 0.29) is 11.9 Å². The molecule has 1 fully saturated rings. The van der Waals surface area contributed by atoms with E-state index in [2.05, 4.69) is 88.8 Å². The van der Waals surface area contributed by atoms with Crippen molar-refractivity contribution in [3.8, 4) is 0 Å². The highest BCUT2D eigenvalue weighted by Crippen LogP contribution is 2.30. The van der Waals surface area contributed by atoms with Crippen molar-refractivity contribution in [2.24, 2.45) is 0 Å². The van der Waals surface area contributed by atoms with Crippen LogP contribution < -0.4 is 10.2 Å². The molecule has 0 saturated carbocycles. The number of benzene rings is 2. The summed E-state index contributed by atoms with van der Waals surface area (Å²) in [6.45, 7) is 6.48. The van der Waals surface area contributed by atoms with Crippen LogP contribution in [0.5, 0.6) is 0 Å². The van der Waals surface area contributed by atoms with Crippen molar-refractivity contribution < 1.29 is 4.79 Å². The number of amides is 1. The number of fused-ring (bicyclic) bond motifs is 2. The van der Waals surface area contributed by atoms with Gasteiger partial charge in [0.1, 0.15) is 0 Å². The van der Waals surface area contributed by atoms with Gasteiger partial charge >= 0.3 is 0 Å². The molecule has 34 heavy (non-hydrogen) atoms. The van der Waals surface area contributed by atoms with Crippen LogP contribution in [0, 0.1) is 0 Å². The van der Waals surface area contributed by atoms with Crippen LogP contribution in [0.4, 0.5) is 5.69 Å². The second-order valence-corrected chi connectivity index (χ2v) is 10.6. The zero-order valence-electron chi connectivity index (χ0n) is 20.1. The largest absolute Gasteiger partial charge is 0.369 e. The Morgan fingerprint density at radius 1 is 1.12 bits per heavy atom. The van der Waals surface area contributed by atoms with Gasteiger partial charge in [0, 0.05) is 59.7 Å². The number of piperazine rings is 1. The highest BCUT2D eigenvalue weighted by atomic mass is 32.1. The quantitative estimate of drug-likeness (QED) is 0.346. The first-order chi connectivity index (χ1) is 16.6. The Labute approximate surface area is 205 Å². The number of anilines is 1. The number of aromatic nitrogens is 1. The lowest BCUT2D eigenvalue weighted by Crippen LogP contribution is -2.44. The van der Waals surface area contributed by atoms with Crippen molar-refractivity contribution in [2.75, 3.05) is 38.1 Å². The van der Waals surface area contributed by atoms with Crippen molar-refractivity contribution in [3.05, 3.63) is 65.2 Å². The first-order valence-electron chi connectivity index (χ1n) is 12.4. The zero-order valence-corrected chi connectivity index (χ0v) is 21.0. The van der Waals surface area contributed by atoms with E-state index in [0.717, 1.165) is 67.6 Å². The minimum Gasteiger partial charge on any atom is -0.369 e. The third-order valence-electron chi connectivity index (χ3n) is 6.97. The summed E-state index contributed by atoms with van der Waals surface area (Å²) < 4.78 is 1.17. The first kappa shape index (κ1) is 22.9. The fraction of sp³-hybridized carbons (Fsp3) is 0.393. The number of aromatic amines is 1. The van der Waals surface area contributed by atoms with Crippen LogP contribution in [0.15, 0.2) is 54.7 Å². The maximum Gasteiger partial charge on any atom is 0.261 e. The van der Waals surface area contributed by atoms with Crippen LogP contribution in [0.2, 0.25) is 0 Å². The summed E-state index contributed by atoms with van der Waals surface area (Å²) >= 11 is 1.59. The molecular weight excluding hydrogens is 440 g/mol. The molecule has 5 rings (SSSR count). The summed E-state index contributed by atoms with van der Waals surface area (Å²) in [7, 11) is 2.18. The number of nitrogens with one attached hydrogen (secondary N) is 2. The number of H-pyrrole nitrogens is 1. The summed E-state index contributed by atoms with van der Waals surface area (Å²) in [5, 5.41) is 5.76. The van der Waals surface area contributed by atoms with E-state index in [0.29, 0.717) is 0 Å². The lowest BCUT2D eigenvalue weighted by molar-refractivity contribution is 0.0938. The monoisotopic (exact) mass is 474 g/mol. The average Bonchev–Trinajstić information content (AvgIpc) is 3.47. The maximum absolute atomic E-state index is 13.3. The van der Waals surface area contributed by atoms with Gasteiger partial charge in [-0.1, -0.05) is 38.0 Å². The molecular formula is C28H34N4OS. The minimum atomic E-state index is 0.0447. The highest BCUT2D eigenvalue weighted by molar-refractivity contribution is 7.20. The number of carbonyl (C=O) groups is 1. The molecule has 6 heteroatoms. The maximum atomic E-state index is 13.3. The van der Waals surface area contributed by atoms with E-state index in [9.17, 15) is 4.79 Å². The Hall–Kier alpha value is -2.83. The van der Waals surface area contributed by atoms with Gasteiger partial charge in [-0.25, -0.2) is 0 Å². The Kier molecular flexibility index (Phi) is 6.88. The lowest BCUT2D eigenvalue weighted by atomic mass is 10.0. The number of thiophene rings is 1. The molecule has 1 aliphatic heterocycles. The van der Waals surface area contributed by atoms with Crippen molar-refractivity contribution in [3.63, 3.8) is 0 Å². The molecule has 1 aliphatic rings. The molecule has 1 saturated heterocycles. The molecule has 2 N–H and O–H groups in total. The topological polar surface area (TPSA) is 51.4 Å². The molecule has 3 heterocycles. The predicted octanol–water partition coefficient (Wildman–Crippen LogP) is 5.67. The van der Waals surface area contributed by atoms with Gasteiger partial charge in [0.05, 0.1) is 4.88 Å². The minimum absolute atomic E-state index is 0.0447. The van der Waals surface area contributed by atoms with Crippen molar-refractivity contribution in [2.45, 2.75) is 38.6 Å². The second kappa shape index (κ2) is 10.2. The zero-order chi connectivity index (χ0) is 23.5. The number of para-hydroxylation sites is 1. The normalized spacial score (nSPS) is 15.8. The molecule has 178 valence electrons. The standard InChI is InChI=1S/C28H34N4OS/c1-3-4-7-22(16-21-19-29-25-9-6-5-8-24(21)25)30-28(33)27-18-20-17-23(10-11-26(20)34-27)32-14-12-31(2)13-15-32/h5-6,8-11,17-19,22,29H,3-4,7,12-16H2,1-2H3,(H,30,33). The third kappa shape index (κ3) is 4.98. The van der Waals surface area contributed by atoms with E-state index in [1.807, 2.05) is 0 Å². The van der Waals surface area contributed by atoms with E-state index in [1.54, 1.807) is 11.3 Å². The fourth-order valence-electron chi connectivity index (χ4n) is 4.90. The van der Waals surface area contributed by atoms with Gasteiger partial charge in [-0.15, -0.1) is 11.3 Å². The van der Waals surface area contributed by atoms with Crippen LogP contribution in [0.1, 0.15) is 41.4 Å². The summed E-state index contributed by atoms with van der Waals surface area (Å²) in [5.74, 6) is 0.0447. The van der Waals surface area contributed by atoms with Crippen molar-refractivity contribution in [1.29, 1.82) is 0 Å². The Balaban J connectivity index is 1.31. The van der Waals surface area contributed by atoms with Crippen molar-refractivity contribution in [1.82, 2.24) is 15.2 Å². The van der Waals surface area contributed by atoms with E-state index in [4.69, 9.17) is 0 Å². The second-order valence-electron chi connectivity index (χ2n) is 9.50. The number of hydrogen-bond donors (Lipinski definition) is 2. The first-order valence-corrected chi connectivity index (χ1v) is 13.3. The number of rotatable bonds is 8. The Morgan fingerprint density at radius 2 is 1.94 bits per heavy atom. The van der Waals surface area contributed by atoms with Gasteiger partial charge in [-0.05, 0) is 61.2 Å². The molecule has 0 bridgehead atoms. The molecule has 2 aromatic heterocycles. The lowest BCUT2D eigenvalue weighted by Gasteiger charge is -2.34. The summed E-state index contributed by atoms with van der Waals surface area (Å²) in [4.78, 5) is 22.3. The van der Waals surface area contributed by atoms with Gasteiger partial charge in [0.15, 0.2) is 0 Å². The molecule has 0 aliphatic carbocycles. The third-order valence-corrected chi connectivity index (χ3v) is 8.09. The van der Waals surface area contributed by atoms with Gasteiger partial charge in [-0.3, -0.25) is 4.79 Å². The van der Waals surface area contributed by atoms with Crippen LogP contribution in [-0.4, -0.2) is 55.1 Å². The van der Waals surface area contributed by atoms with Crippen molar-refractivity contribution >= 4 is 43.9 Å². The Bertz CT molecular complexity index is 1270. The summed E-state index contributed by atoms with van der Waals surface area (Å²) in [6, 6.07) is 17.2. The van der Waals surface area contributed by atoms with E-state index in [1.165, 1.54) is 21.3 Å². The smallest absolute Gasteiger partial charge is 0.261 e. The number of likely N-dealkylation sites (N-methyl/N-ethyl adjacent to an activating group) is 1. The van der Waals surface area contributed by atoms with Gasteiger partial charge in [0.2, 0.25) is 0 Å². The molecule has 1 amide bonds. The molecule has 0 radical (unpaired) electrons. The molecule has 1 atom stereocenters. The predicted molar refractivity (Wildman–Crippen MR) is 144 cm³/mol. The number of nitrogens with zero attached hydrogens (tertiary/aromatic N) is 2. The molecule has 2 aromatic carbocycles.